The Kier molecular flexibility index (Phi) is 5.68. The molecule has 0 spiro atoms. The molecule has 19 heavy (non-hydrogen) atoms. The standard InChI is InChI=1S/C14H19NO4/c16-12(10-17-11-14-4-2-8-19-14)9-15-6-5-13-3-1-7-18-13/h1-4,7-8,12,15-16H,5-6,9-11H2. The summed E-state index contributed by atoms with van der Waals surface area (Å²) < 4.78 is 15.7. The SMILES string of the molecule is OC(CNCCc1ccco1)COCc1ccco1. The average Bonchev–Trinajstić information content (AvgIpc) is 3.07. The van der Waals surface area contributed by atoms with Gasteiger partial charge < -0.3 is 24.0 Å². The maximum absolute atomic E-state index is 9.69. The first-order valence-corrected chi connectivity index (χ1v) is 6.36. The van der Waals surface area contributed by atoms with Crippen molar-refractivity contribution >= 4 is 0 Å². The van der Waals surface area contributed by atoms with Crippen LogP contribution in [-0.4, -0.2) is 30.9 Å². The summed E-state index contributed by atoms with van der Waals surface area (Å²) in [6, 6.07) is 7.45. The van der Waals surface area contributed by atoms with Gasteiger partial charge in [0.25, 0.3) is 0 Å². The van der Waals surface area contributed by atoms with Gasteiger partial charge in [-0.15, -0.1) is 0 Å². The third kappa shape index (κ3) is 5.30. The Labute approximate surface area is 112 Å². The zero-order valence-electron chi connectivity index (χ0n) is 10.7. The van der Waals surface area contributed by atoms with Crippen LogP contribution in [0.3, 0.4) is 0 Å². The molecule has 0 bridgehead atoms. The van der Waals surface area contributed by atoms with E-state index in [4.69, 9.17) is 13.6 Å². The fraction of sp³-hybridized carbons (Fsp3) is 0.429. The molecule has 104 valence electrons. The van der Waals surface area contributed by atoms with Crippen molar-refractivity contribution in [3.63, 3.8) is 0 Å². The van der Waals surface area contributed by atoms with Crippen LogP contribution < -0.4 is 5.32 Å². The molecule has 0 fully saturated rings. The van der Waals surface area contributed by atoms with Gasteiger partial charge in [0, 0.05) is 19.5 Å². The number of hydrogen-bond acceptors (Lipinski definition) is 5. The summed E-state index contributed by atoms with van der Waals surface area (Å²) in [7, 11) is 0. The first-order valence-electron chi connectivity index (χ1n) is 6.36. The minimum atomic E-state index is -0.522. The van der Waals surface area contributed by atoms with Crippen molar-refractivity contribution in [1.29, 1.82) is 0 Å². The summed E-state index contributed by atoms with van der Waals surface area (Å²) in [4.78, 5) is 0. The summed E-state index contributed by atoms with van der Waals surface area (Å²) in [5.74, 6) is 1.70. The molecule has 2 heterocycles. The minimum absolute atomic E-state index is 0.286. The van der Waals surface area contributed by atoms with Gasteiger partial charge in [-0.3, -0.25) is 0 Å². The summed E-state index contributed by atoms with van der Waals surface area (Å²) in [5, 5.41) is 12.8. The van der Waals surface area contributed by atoms with Gasteiger partial charge in [0.05, 0.1) is 25.2 Å². The van der Waals surface area contributed by atoms with E-state index < -0.39 is 6.10 Å². The Morgan fingerprint density at radius 3 is 2.58 bits per heavy atom. The van der Waals surface area contributed by atoms with Crippen LogP contribution in [0.15, 0.2) is 45.6 Å². The van der Waals surface area contributed by atoms with Gasteiger partial charge in [-0.25, -0.2) is 0 Å². The van der Waals surface area contributed by atoms with E-state index in [9.17, 15) is 5.11 Å². The molecule has 0 saturated carbocycles. The fourth-order valence-electron chi connectivity index (χ4n) is 1.68. The predicted molar refractivity (Wildman–Crippen MR) is 69.7 cm³/mol. The first kappa shape index (κ1) is 13.9. The van der Waals surface area contributed by atoms with E-state index >= 15 is 0 Å². The molecule has 5 heteroatoms. The van der Waals surface area contributed by atoms with Crippen molar-refractivity contribution in [1.82, 2.24) is 5.32 Å². The van der Waals surface area contributed by atoms with Gasteiger partial charge in [0.15, 0.2) is 0 Å². The molecule has 2 aromatic rings. The zero-order valence-corrected chi connectivity index (χ0v) is 10.7. The molecular weight excluding hydrogens is 246 g/mol. The largest absolute Gasteiger partial charge is 0.469 e. The van der Waals surface area contributed by atoms with Crippen molar-refractivity contribution < 1.29 is 18.7 Å². The van der Waals surface area contributed by atoms with Crippen LogP contribution in [-0.2, 0) is 17.8 Å². The molecule has 0 amide bonds. The monoisotopic (exact) mass is 265 g/mol. The van der Waals surface area contributed by atoms with Crippen LogP contribution >= 0.6 is 0 Å². The van der Waals surface area contributed by atoms with E-state index in [1.807, 2.05) is 24.3 Å². The second-order valence-electron chi connectivity index (χ2n) is 4.28. The lowest BCUT2D eigenvalue weighted by Gasteiger charge is -2.11. The highest BCUT2D eigenvalue weighted by Crippen LogP contribution is 2.02. The molecule has 1 atom stereocenters. The first-order chi connectivity index (χ1) is 9.34. The number of rotatable bonds is 9. The van der Waals surface area contributed by atoms with Crippen molar-refractivity contribution in [2.45, 2.75) is 19.1 Å². The Bertz CT molecular complexity index is 424. The Morgan fingerprint density at radius 1 is 1.16 bits per heavy atom. The highest BCUT2D eigenvalue weighted by atomic mass is 16.5. The highest BCUT2D eigenvalue weighted by Gasteiger charge is 2.05. The van der Waals surface area contributed by atoms with E-state index in [2.05, 4.69) is 5.32 Å². The molecule has 0 radical (unpaired) electrons. The van der Waals surface area contributed by atoms with Crippen LogP contribution in [0.2, 0.25) is 0 Å². The average molecular weight is 265 g/mol. The van der Waals surface area contributed by atoms with Crippen molar-refractivity contribution in [3.05, 3.63) is 48.3 Å². The van der Waals surface area contributed by atoms with Crippen molar-refractivity contribution in [2.24, 2.45) is 0 Å². The van der Waals surface area contributed by atoms with Gasteiger partial charge in [0.2, 0.25) is 0 Å². The molecule has 2 N–H and O–H groups in total. The van der Waals surface area contributed by atoms with Crippen LogP contribution in [0, 0.1) is 0 Å². The zero-order chi connectivity index (χ0) is 13.3. The highest BCUT2D eigenvalue weighted by molar-refractivity contribution is 4.98. The summed E-state index contributed by atoms with van der Waals surface area (Å²) in [6.45, 7) is 1.94. The maximum atomic E-state index is 9.69. The number of aliphatic hydroxyl groups excluding tert-OH is 1. The second kappa shape index (κ2) is 7.78. The molecule has 0 aliphatic carbocycles. The number of furan rings is 2. The summed E-state index contributed by atoms with van der Waals surface area (Å²) in [5.41, 5.74) is 0. The number of ether oxygens (including phenoxy) is 1. The smallest absolute Gasteiger partial charge is 0.129 e. The second-order valence-corrected chi connectivity index (χ2v) is 4.28. The van der Waals surface area contributed by atoms with Crippen LogP contribution in [0.4, 0.5) is 0 Å². The fourth-order valence-corrected chi connectivity index (χ4v) is 1.68. The minimum Gasteiger partial charge on any atom is -0.469 e. The van der Waals surface area contributed by atoms with E-state index in [-0.39, 0.29) is 6.61 Å². The normalized spacial score (nSPS) is 12.7. The van der Waals surface area contributed by atoms with Gasteiger partial charge in [-0.1, -0.05) is 0 Å². The number of hydrogen-bond donors (Lipinski definition) is 2. The molecule has 0 aliphatic heterocycles. The molecular formula is C14H19NO4. The van der Waals surface area contributed by atoms with E-state index in [0.29, 0.717) is 13.2 Å². The van der Waals surface area contributed by atoms with Crippen LogP contribution in [0.25, 0.3) is 0 Å². The summed E-state index contributed by atoms with van der Waals surface area (Å²) in [6.07, 6.45) is 3.55. The predicted octanol–water partition coefficient (Wildman–Crippen LogP) is 1.58. The molecule has 2 rings (SSSR count). The van der Waals surface area contributed by atoms with Crippen molar-refractivity contribution in [3.8, 4) is 0 Å². The van der Waals surface area contributed by atoms with Gasteiger partial charge in [0.1, 0.15) is 18.1 Å². The number of nitrogens with one attached hydrogen (secondary N) is 1. The lowest BCUT2D eigenvalue weighted by Crippen LogP contribution is -2.31. The number of aliphatic hydroxyl groups is 1. The van der Waals surface area contributed by atoms with Crippen LogP contribution in [0.1, 0.15) is 11.5 Å². The quantitative estimate of drug-likeness (QED) is 0.674. The van der Waals surface area contributed by atoms with E-state index in [1.165, 1.54) is 0 Å². The van der Waals surface area contributed by atoms with Crippen LogP contribution in [0.5, 0.6) is 0 Å². The lowest BCUT2D eigenvalue weighted by atomic mass is 10.3. The molecule has 2 aromatic heterocycles. The Balaban J connectivity index is 1.48. The molecule has 5 nitrogen and oxygen atoms in total. The van der Waals surface area contributed by atoms with E-state index in [0.717, 1.165) is 24.5 Å². The lowest BCUT2D eigenvalue weighted by molar-refractivity contribution is 0.0228. The molecule has 0 aliphatic rings. The maximum Gasteiger partial charge on any atom is 0.129 e. The van der Waals surface area contributed by atoms with Gasteiger partial charge in [-0.2, -0.15) is 0 Å². The molecule has 1 unspecified atom stereocenters. The van der Waals surface area contributed by atoms with Gasteiger partial charge in [-0.05, 0) is 24.3 Å². The molecule has 0 aromatic carbocycles. The molecule has 0 saturated heterocycles. The Hall–Kier alpha value is -1.56. The van der Waals surface area contributed by atoms with Crippen molar-refractivity contribution in [2.75, 3.05) is 19.7 Å². The Morgan fingerprint density at radius 2 is 1.89 bits per heavy atom. The van der Waals surface area contributed by atoms with E-state index in [1.54, 1.807) is 12.5 Å². The van der Waals surface area contributed by atoms with Gasteiger partial charge >= 0.3 is 0 Å². The topological polar surface area (TPSA) is 67.8 Å². The summed E-state index contributed by atoms with van der Waals surface area (Å²) >= 11 is 0. The third-order valence-corrected chi connectivity index (χ3v) is 2.64. The third-order valence-electron chi connectivity index (χ3n) is 2.64.